The molecule has 0 unspecified atom stereocenters. The number of carboxylic acids is 1. The van der Waals surface area contributed by atoms with E-state index in [1.54, 1.807) is 27.8 Å². The van der Waals surface area contributed by atoms with Gasteiger partial charge in [-0.3, -0.25) is 10.00 Å². The van der Waals surface area contributed by atoms with Crippen molar-refractivity contribution in [1.29, 1.82) is 0 Å². The van der Waals surface area contributed by atoms with Crippen LogP contribution in [0.3, 0.4) is 0 Å². The zero-order valence-electron chi connectivity index (χ0n) is 11.3. The lowest BCUT2D eigenvalue weighted by Gasteiger charge is -2.19. The summed E-state index contributed by atoms with van der Waals surface area (Å²) >= 11 is 0. The number of carboxylic acid groups (broad SMARTS) is 1. The Morgan fingerprint density at radius 2 is 2.11 bits per heavy atom. The molecule has 1 rings (SSSR count). The van der Waals surface area contributed by atoms with Gasteiger partial charge >= 0.3 is 12.1 Å². The van der Waals surface area contributed by atoms with Crippen molar-refractivity contribution in [2.75, 3.05) is 5.32 Å². The molecule has 0 radical (unpaired) electrons. The smallest absolute Gasteiger partial charge is 0.412 e. The van der Waals surface area contributed by atoms with Crippen LogP contribution < -0.4 is 5.32 Å². The minimum atomic E-state index is -1.08. The predicted octanol–water partition coefficient (Wildman–Crippen LogP) is 1.86. The minimum Gasteiger partial charge on any atom is -0.478 e. The lowest BCUT2D eigenvalue weighted by Crippen LogP contribution is -2.27. The van der Waals surface area contributed by atoms with E-state index in [4.69, 9.17) is 9.84 Å². The third-order valence-corrected chi connectivity index (χ3v) is 2.00. The van der Waals surface area contributed by atoms with Crippen molar-refractivity contribution >= 4 is 23.8 Å². The number of amides is 1. The number of aromatic nitrogens is 2. The maximum atomic E-state index is 11.6. The number of ether oxygens (including phenoxy) is 1. The Balaban J connectivity index is 2.85. The van der Waals surface area contributed by atoms with Gasteiger partial charge in [0.25, 0.3) is 0 Å². The maximum Gasteiger partial charge on any atom is 0.412 e. The van der Waals surface area contributed by atoms with Gasteiger partial charge in [-0.1, -0.05) is 0 Å². The number of rotatable bonds is 3. The van der Waals surface area contributed by atoms with E-state index in [-0.39, 0.29) is 0 Å². The number of anilines is 1. The van der Waals surface area contributed by atoms with Crippen molar-refractivity contribution < 1.29 is 19.4 Å². The van der Waals surface area contributed by atoms with Gasteiger partial charge < -0.3 is 9.84 Å². The van der Waals surface area contributed by atoms with Crippen molar-refractivity contribution in [1.82, 2.24) is 9.78 Å². The van der Waals surface area contributed by atoms with Gasteiger partial charge in [-0.25, -0.2) is 9.59 Å². The standard InChI is InChI=1S/C12H17N3O4/c1-12(2,3)19-11(18)14-8-7-13-15(4)9(8)5-6-10(16)17/h5-7H,1-4H3,(H,14,18)(H,16,17). The Morgan fingerprint density at radius 3 is 2.63 bits per heavy atom. The highest BCUT2D eigenvalue weighted by molar-refractivity contribution is 5.90. The van der Waals surface area contributed by atoms with Crippen LogP contribution in [0.1, 0.15) is 26.5 Å². The average Bonchev–Trinajstić information content (AvgIpc) is 2.54. The number of hydrogen-bond donors (Lipinski definition) is 2. The molecule has 0 fully saturated rings. The van der Waals surface area contributed by atoms with Gasteiger partial charge in [0, 0.05) is 13.1 Å². The van der Waals surface area contributed by atoms with Gasteiger partial charge in [0.1, 0.15) is 5.60 Å². The Kier molecular flexibility index (Phi) is 4.31. The first-order valence-electron chi connectivity index (χ1n) is 5.62. The lowest BCUT2D eigenvalue weighted by atomic mass is 10.2. The summed E-state index contributed by atoms with van der Waals surface area (Å²) in [6, 6.07) is 0. The molecule has 0 spiro atoms. The molecule has 0 saturated carbocycles. The first kappa shape index (κ1) is 14.7. The molecule has 1 heterocycles. The second kappa shape index (κ2) is 5.55. The fourth-order valence-corrected chi connectivity index (χ4v) is 1.30. The van der Waals surface area contributed by atoms with E-state index in [9.17, 15) is 9.59 Å². The summed E-state index contributed by atoms with van der Waals surface area (Å²) in [6.45, 7) is 5.25. The van der Waals surface area contributed by atoms with Crippen LogP contribution in [0.4, 0.5) is 10.5 Å². The topological polar surface area (TPSA) is 93.5 Å². The molecule has 104 valence electrons. The average molecular weight is 267 g/mol. The van der Waals surface area contributed by atoms with Gasteiger partial charge in [0.2, 0.25) is 0 Å². The monoisotopic (exact) mass is 267 g/mol. The van der Waals surface area contributed by atoms with Crippen LogP contribution in [-0.2, 0) is 16.6 Å². The Morgan fingerprint density at radius 1 is 1.47 bits per heavy atom. The van der Waals surface area contributed by atoms with Crippen molar-refractivity contribution in [2.45, 2.75) is 26.4 Å². The van der Waals surface area contributed by atoms with Crippen LogP contribution in [0.25, 0.3) is 6.08 Å². The van der Waals surface area contributed by atoms with Gasteiger partial charge in [0.15, 0.2) is 0 Å². The quantitative estimate of drug-likeness (QED) is 0.815. The van der Waals surface area contributed by atoms with Crippen molar-refractivity contribution in [3.05, 3.63) is 18.0 Å². The summed E-state index contributed by atoms with van der Waals surface area (Å²) in [4.78, 5) is 22.1. The van der Waals surface area contributed by atoms with E-state index >= 15 is 0 Å². The van der Waals surface area contributed by atoms with Gasteiger partial charge in [0.05, 0.1) is 17.6 Å². The van der Waals surface area contributed by atoms with Crippen molar-refractivity contribution in [3.63, 3.8) is 0 Å². The highest BCUT2D eigenvalue weighted by Gasteiger charge is 2.18. The maximum absolute atomic E-state index is 11.6. The number of carbonyl (C=O) groups excluding carboxylic acids is 1. The molecule has 1 aromatic heterocycles. The van der Waals surface area contributed by atoms with E-state index in [0.29, 0.717) is 11.4 Å². The zero-order valence-corrected chi connectivity index (χ0v) is 11.3. The molecule has 2 N–H and O–H groups in total. The molecule has 0 aliphatic rings. The first-order chi connectivity index (χ1) is 8.69. The number of nitrogens with zero attached hydrogens (tertiary/aromatic N) is 2. The van der Waals surface area contributed by atoms with Gasteiger partial charge in [-0.15, -0.1) is 0 Å². The highest BCUT2D eigenvalue weighted by Crippen LogP contribution is 2.17. The number of carbonyl (C=O) groups is 2. The fourth-order valence-electron chi connectivity index (χ4n) is 1.30. The third-order valence-electron chi connectivity index (χ3n) is 2.00. The van der Waals surface area contributed by atoms with E-state index in [2.05, 4.69) is 10.4 Å². The number of nitrogens with one attached hydrogen (secondary N) is 1. The number of aryl methyl sites for hydroxylation is 1. The molecule has 0 atom stereocenters. The van der Waals surface area contributed by atoms with Crippen LogP contribution in [0.5, 0.6) is 0 Å². The summed E-state index contributed by atoms with van der Waals surface area (Å²) in [6.07, 6.45) is 3.12. The molecular weight excluding hydrogens is 250 g/mol. The van der Waals surface area contributed by atoms with Crippen molar-refractivity contribution in [3.8, 4) is 0 Å². The summed E-state index contributed by atoms with van der Waals surface area (Å²) in [5, 5.41) is 15.1. The van der Waals surface area contributed by atoms with Crippen LogP contribution in [0.15, 0.2) is 12.3 Å². The number of hydrogen-bond acceptors (Lipinski definition) is 4. The summed E-state index contributed by atoms with van der Waals surface area (Å²) in [5.74, 6) is -1.08. The predicted molar refractivity (Wildman–Crippen MR) is 69.7 cm³/mol. The molecule has 0 aliphatic heterocycles. The summed E-state index contributed by atoms with van der Waals surface area (Å²) in [7, 11) is 1.64. The largest absolute Gasteiger partial charge is 0.478 e. The molecule has 1 aromatic rings. The van der Waals surface area contributed by atoms with Gasteiger partial charge in [-0.2, -0.15) is 5.10 Å². The Hall–Kier alpha value is -2.31. The molecule has 0 aliphatic carbocycles. The van der Waals surface area contributed by atoms with Crippen LogP contribution in [0.2, 0.25) is 0 Å². The lowest BCUT2D eigenvalue weighted by molar-refractivity contribution is -0.131. The van der Waals surface area contributed by atoms with E-state index < -0.39 is 17.7 Å². The first-order valence-corrected chi connectivity index (χ1v) is 5.62. The second-order valence-electron chi connectivity index (χ2n) is 4.87. The summed E-state index contributed by atoms with van der Waals surface area (Å²) in [5.41, 5.74) is 0.242. The van der Waals surface area contributed by atoms with E-state index in [0.717, 1.165) is 6.08 Å². The summed E-state index contributed by atoms with van der Waals surface area (Å²) < 4.78 is 6.55. The molecule has 0 saturated heterocycles. The molecule has 19 heavy (non-hydrogen) atoms. The third kappa shape index (κ3) is 4.82. The van der Waals surface area contributed by atoms with Gasteiger partial charge in [-0.05, 0) is 26.8 Å². The molecule has 7 nitrogen and oxygen atoms in total. The normalized spacial score (nSPS) is 11.6. The minimum absolute atomic E-state index is 0.384. The fraction of sp³-hybridized carbons (Fsp3) is 0.417. The SMILES string of the molecule is Cn1ncc(NC(=O)OC(C)(C)C)c1C=CC(=O)O. The Labute approximate surface area is 110 Å². The molecule has 7 heteroatoms. The molecular formula is C12H17N3O4. The molecule has 1 amide bonds. The van der Waals surface area contributed by atoms with Crippen LogP contribution in [0, 0.1) is 0 Å². The molecule has 0 bridgehead atoms. The Bertz CT molecular complexity index is 512. The van der Waals surface area contributed by atoms with Crippen LogP contribution in [-0.4, -0.2) is 32.6 Å². The highest BCUT2D eigenvalue weighted by atomic mass is 16.6. The number of aliphatic carboxylic acids is 1. The zero-order chi connectivity index (χ0) is 14.6. The molecule has 0 aromatic carbocycles. The van der Waals surface area contributed by atoms with E-state index in [1.807, 2.05) is 0 Å². The van der Waals surface area contributed by atoms with Crippen molar-refractivity contribution in [2.24, 2.45) is 7.05 Å². The van der Waals surface area contributed by atoms with E-state index in [1.165, 1.54) is 17.0 Å². The second-order valence-corrected chi connectivity index (χ2v) is 4.87. The van der Waals surface area contributed by atoms with Crippen LogP contribution >= 0.6 is 0 Å².